The molecule has 1 amide bonds. The van der Waals surface area contributed by atoms with Crippen molar-refractivity contribution in [2.24, 2.45) is 5.92 Å². The first kappa shape index (κ1) is 17.1. The van der Waals surface area contributed by atoms with Gasteiger partial charge in [-0.3, -0.25) is 9.78 Å². The molecule has 128 valence electrons. The summed E-state index contributed by atoms with van der Waals surface area (Å²) in [4.78, 5) is 16.3. The predicted molar refractivity (Wildman–Crippen MR) is 91.9 cm³/mol. The minimum Gasteiger partial charge on any atom is -0.352 e. The molecule has 6 nitrogen and oxygen atoms in total. The van der Waals surface area contributed by atoms with E-state index >= 15 is 0 Å². The highest BCUT2D eigenvalue weighted by Gasteiger charge is 2.33. The first-order chi connectivity index (χ1) is 11.6. The van der Waals surface area contributed by atoms with Gasteiger partial charge in [-0.25, -0.2) is 8.42 Å². The van der Waals surface area contributed by atoms with Crippen molar-refractivity contribution in [3.8, 4) is 0 Å². The number of hydrogen-bond donors (Lipinski definition) is 1. The lowest BCUT2D eigenvalue weighted by atomic mass is 9.99. The number of pyridine rings is 1. The van der Waals surface area contributed by atoms with Crippen LogP contribution >= 0.6 is 11.3 Å². The van der Waals surface area contributed by atoms with Crippen LogP contribution in [0.1, 0.15) is 18.4 Å². The van der Waals surface area contributed by atoms with Gasteiger partial charge in [-0.2, -0.15) is 4.31 Å². The van der Waals surface area contributed by atoms with Crippen LogP contribution in [0, 0.1) is 5.92 Å². The van der Waals surface area contributed by atoms with Gasteiger partial charge in [-0.05, 0) is 42.0 Å². The third-order valence-electron chi connectivity index (χ3n) is 4.06. The number of carbonyl (C=O) groups is 1. The summed E-state index contributed by atoms with van der Waals surface area (Å²) in [6.07, 6.45) is 4.76. The second kappa shape index (κ2) is 7.42. The molecule has 1 atom stereocenters. The molecule has 1 fully saturated rings. The zero-order valence-corrected chi connectivity index (χ0v) is 14.7. The molecular weight excluding hydrogens is 346 g/mol. The second-order valence-corrected chi connectivity index (χ2v) is 8.82. The van der Waals surface area contributed by atoms with Crippen LogP contribution in [0.4, 0.5) is 0 Å². The van der Waals surface area contributed by atoms with Gasteiger partial charge in [0.2, 0.25) is 5.91 Å². The fourth-order valence-electron chi connectivity index (χ4n) is 2.75. The van der Waals surface area contributed by atoms with Gasteiger partial charge in [0.25, 0.3) is 10.0 Å². The van der Waals surface area contributed by atoms with Crippen molar-refractivity contribution in [3.63, 3.8) is 0 Å². The number of nitrogens with zero attached hydrogens (tertiary/aromatic N) is 2. The minimum absolute atomic E-state index is 0.0992. The van der Waals surface area contributed by atoms with Gasteiger partial charge < -0.3 is 5.32 Å². The molecule has 3 rings (SSSR count). The van der Waals surface area contributed by atoms with Gasteiger partial charge in [-0.1, -0.05) is 6.07 Å². The van der Waals surface area contributed by atoms with E-state index in [2.05, 4.69) is 10.3 Å². The Labute approximate surface area is 145 Å². The molecule has 1 saturated heterocycles. The summed E-state index contributed by atoms with van der Waals surface area (Å²) < 4.78 is 27.0. The van der Waals surface area contributed by atoms with Gasteiger partial charge in [-0.15, -0.1) is 11.3 Å². The Bertz CT molecular complexity index is 776. The van der Waals surface area contributed by atoms with E-state index < -0.39 is 10.0 Å². The zero-order chi connectivity index (χ0) is 17.0. The number of rotatable bonds is 5. The summed E-state index contributed by atoms with van der Waals surface area (Å²) >= 11 is 1.20. The molecule has 0 bridgehead atoms. The molecule has 8 heteroatoms. The highest BCUT2D eigenvalue weighted by Crippen LogP contribution is 2.26. The van der Waals surface area contributed by atoms with Crippen LogP contribution in [0.15, 0.2) is 46.2 Å². The van der Waals surface area contributed by atoms with Gasteiger partial charge in [0.05, 0.1) is 5.92 Å². The van der Waals surface area contributed by atoms with Crippen LogP contribution in [0.5, 0.6) is 0 Å². The van der Waals surface area contributed by atoms with E-state index in [-0.39, 0.29) is 18.4 Å². The van der Waals surface area contributed by atoms with E-state index in [1.807, 2.05) is 12.1 Å². The molecule has 0 spiro atoms. The summed E-state index contributed by atoms with van der Waals surface area (Å²) in [5.41, 5.74) is 0.970. The molecule has 1 aliphatic heterocycles. The van der Waals surface area contributed by atoms with E-state index in [1.54, 1.807) is 29.9 Å². The second-order valence-electron chi connectivity index (χ2n) is 5.71. The lowest BCUT2D eigenvalue weighted by Gasteiger charge is -2.30. The number of aromatic nitrogens is 1. The Morgan fingerprint density at radius 1 is 1.33 bits per heavy atom. The average molecular weight is 365 g/mol. The number of hydrogen-bond acceptors (Lipinski definition) is 5. The smallest absolute Gasteiger partial charge is 0.252 e. The maximum atomic E-state index is 12.6. The average Bonchev–Trinajstić information content (AvgIpc) is 3.16. The number of carbonyl (C=O) groups excluding carboxylic acids is 1. The fraction of sp³-hybridized carbons (Fsp3) is 0.375. The number of amides is 1. The Balaban J connectivity index is 1.62. The summed E-state index contributed by atoms with van der Waals surface area (Å²) in [6.45, 7) is 1.13. The Morgan fingerprint density at radius 3 is 2.83 bits per heavy atom. The van der Waals surface area contributed by atoms with Crippen molar-refractivity contribution in [2.45, 2.75) is 23.6 Å². The van der Waals surface area contributed by atoms with E-state index in [0.29, 0.717) is 30.1 Å². The topological polar surface area (TPSA) is 79.4 Å². The van der Waals surface area contributed by atoms with Gasteiger partial charge in [0.15, 0.2) is 0 Å². The van der Waals surface area contributed by atoms with Gasteiger partial charge in [0, 0.05) is 32.0 Å². The molecular formula is C16H19N3O3S2. The molecule has 2 aromatic rings. The molecule has 0 saturated carbocycles. The minimum atomic E-state index is -3.49. The molecule has 0 aliphatic carbocycles. The first-order valence-electron chi connectivity index (χ1n) is 7.77. The van der Waals surface area contributed by atoms with Gasteiger partial charge >= 0.3 is 0 Å². The van der Waals surface area contributed by atoms with Crippen molar-refractivity contribution >= 4 is 27.3 Å². The van der Waals surface area contributed by atoms with Crippen molar-refractivity contribution in [1.82, 2.24) is 14.6 Å². The standard InChI is InChI=1S/C16H19N3O3S2/c20-16(18-11-13-5-7-17-8-6-13)14-3-1-9-19(12-14)24(21,22)15-4-2-10-23-15/h2,4-8,10,14H,1,3,9,11-12H2,(H,18,20)/t14-/m1/s1. The normalized spacial score (nSPS) is 19.1. The molecule has 0 aromatic carbocycles. The number of piperidine rings is 1. The SMILES string of the molecule is O=C(NCc1ccncc1)[C@@H]1CCCN(S(=O)(=O)c2cccs2)C1. The van der Waals surface area contributed by atoms with E-state index in [4.69, 9.17) is 0 Å². The van der Waals surface area contributed by atoms with E-state index in [1.165, 1.54) is 15.6 Å². The van der Waals surface area contributed by atoms with Crippen molar-refractivity contribution in [3.05, 3.63) is 47.6 Å². The lowest BCUT2D eigenvalue weighted by Crippen LogP contribution is -2.45. The Morgan fingerprint density at radius 2 is 2.12 bits per heavy atom. The van der Waals surface area contributed by atoms with Crippen molar-refractivity contribution in [1.29, 1.82) is 0 Å². The summed E-state index contributed by atoms with van der Waals surface area (Å²) in [7, 11) is -3.49. The van der Waals surface area contributed by atoms with Crippen LogP contribution in [0.2, 0.25) is 0 Å². The predicted octanol–water partition coefficient (Wildman–Crippen LogP) is 1.86. The fourth-order valence-corrected chi connectivity index (χ4v) is 5.41. The zero-order valence-electron chi connectivity index (χ0n) is 13.1. The van der Waals surface area contributed by atoms with E-state index in [0.717, 1.165) is 5.56 Å². The highest BCUT2D eigenvalue weighted by molar-refractivity contribution is 7.91. The largest absolute Gasteiger partial charge is 0.352 e. The molecule has 24 heavy (non-hydrogen) atoms. The Hall–Kier alpha value is -1.77. The number of thiophene rings is 1. The molecule has 2 aromatic heterocycles. The summed E-state index contributed by atoms with van der Waals surface area (Å²) in [5, 5.41) is 4.64. The maximum absolute atomic E-state index is 12.6. The molecule has 1 N–H and O–H groups in total. The Kier molecular flexibility index (Phi) is 5.27. The summed E-state index contributed by atoms with van der Waals surface area (Å²) in [5.74, 6) is -0.409. The lowest BCUT2D eigenvalue weighted by molar-refractivity contribution is -0.126. The maximum Gasteiger partial charge on any atom is 0.252 e. The first-order valence-corrected chi connectivity index (χ1v) is 10.1. The van der Waals surface area contributed by atoms with Crippen LogP contribution in [-0.4, -0.2) is 36.7 Å². The quantitative estimate of drug-likeness (QED) is 0.877. The van der Waals surface area contributed by atoms with Gasteiger partial charge in [0.1, 0.15) is 4.21 Å². The van der Waals surface area contributed by atoms with Crippen LogP contribution < -0.4 is 5.32 Å². The molecule has 3 heterocycles. The third kappa shape index (κ3) is 3.82. The monoisotopic (exact) mass is 365 g/mol. The highest BCUT2D eigenvalue weighted by atomic mass is 32.2. The van der Waals surface area contributed by atoms with Crippen LogP contribution in [-0.2, 0) is 21.4 Å². The van der Waals surface area contributed by atoms with Crippen molar-refractivity contribution < 1.29 is 13.2 Å². The number of sulfonamides is 1. The van der Waals surface area contributed by atoms with Crippen LogP contribution in [0.25, 0.3) is 0 Å². The van der Waals surface area contributed by atoms with E-state index in [9.17, 15) is 13.2 Å². The van der Waals surface area contributed by atoms with Crippen molar-refractivity contribution in [2.75, 3.05) is 13.1 Å². The molecule has 0 radical (unpaired) electrons. The third-order valence-corrected chi connectivity index (χ3v) is 7.30. The summed E-state index contributed by atoms with van der Waals surface area (Å²) in [6, 6.07) is 7.01. The molecule has 0 unspecified atom stereocenters. The van der Waals surface area contributed by atoms with Crippen LogP contribution in [0.3, 0.4) is 0 Å². The molecule has 1 aliphatic rings. The number of nitrogens with one attached hydrogen (secondary N) is 1.